The quantitative estimate of drug-likeness (QED) is 0.749. The Morgan fingerprint density at radius 3 is 2.92 bits per heavy atom. The summed E-state index contributed by atoms with van der Waals surface area (Å²) in [5, 5.41) is 4.01. The number of hydrogen-bond donors (Lipinski definition) is 1. The molecule has 2 aromatic heterocycles. The Kier molecular flexibility index (Phi) is 1.98. The van der Waals surface area contributed by atoms with Gasteiger partial charge in [0.2, 0.25) is 0 Å². The Morgan fingerprint density at radius 2 is 2.31 bits per heavy atom. The lowest BCUT2D eigenvalue weighted by Gasteiger charge is -1.96. The van der Waals surface area contributed by atoms with Gasteiger partial charge in [-0.3, -0.25) is 4.79 Å². The topological polar surface area (TPSA) is 45.8 Å². The normalized spacial score (nSPS) is 10.2. The van der Waals surface area contributed by atoms with Gasteiger partial charge in [-0.1, -0.05) is 0 Å². The zero-order valence-corrected chi connectivity index (χ0v) is 7.89. The van der Waals surface area contributed by atoms with E-state index in [1.165, 1.54) is 12.3 Å². The van der Waals surface area contributed by atoms with Crippen molar-refractivity contribution < 1.29 is 0 Å². The van der Waals surface area contributed by atoms with Crippen LogP contribution in [0.3, 0.4) is 0 Å². The maximum atomic E-state index is 11.0. The molecule has 0 bridgehead atoms. The maximum absolute atomic E-state index is 11.0. The van der Waals surface area contributed by atoms with Crippen LogP contribution in [-0.2, 0) is 0 Å². The number of rotatable bonds is 1. The molecular weight excluding hydrogens is 184 g/mol. The lowest BCUT2D eigenvalue weighted by atomic mass is 10.2. The molecule has 13 heavy (non-hydrogen) atoms. The summed E-state index contributed by atoms with van der Waals surface area (Å²) in [7, 11) is 0. The molecule has 2 aromatic rings. The number of thiophene rings is 1. The van der Waals surface area contributed by atoms with Gasteiger partial charge in [0, 0.05) is 23.2 Å². The maximum Gasteiger partial charge on any atom is 0.251 e. The molecule has 0 saturated heterocycles. The molecule has 66 valence electrons. The van der Waals surface area contributed by atoms with E-state index in [-0.39, 0.29) is 5.56 Å². The van der Waals surface area contributed by atoms with Crippen LogP contribution in [0.5, 0.6) is 0 Å². The van der Waals surface area contributed by atoms with Crippen molar-refractivity contribution in [2.45, 2.75) is 6.92 Å². The molecular formula is C9H8N2OS. The molecule has 0 atom stereocenters. The smallest absolute Gasteiger partial charge is 0.251 e. The summed E-state index contributed by atoms with van der Waals surface area (Å²) >= 11 is 1.60. The van der Waals surface area contributed by atoms with E-state index in [0.29, 0.717) is 5.82 Å². The zero-order chi connectivity index (χ0) is 9.26. The lowest BCUT2D eigenvalue weighted by molar-refractivity contribution is 1.13. The summed E-state index contributed by atoms with van der Waals surface area (Å²) in [6, 6.07) is 1.41. The third-order valence-electron chi connectivity index (χ3n) is 1.78. The second kappa shape index (κ2) is 3.14. The van der Waals surface area contributed by atoms with Crippen molar-refractivity contribution in [1.29, 1.82) is 0 Å². The fraction of sp³-hybridized carbons (Fsp3) is 0.111. The second-order valence-electron chi connectivity index (χ2n) is 2.75. The minimum atomic E-state index is -0.115. The van der Waals surface area contributed by atoms with Gasteiger partial charge in [-0.25, -0.2) is 4.98 Å². The molecule has 0 spiro atoms. The third kappa shape index (κ3) is 1.53. The van der Waals surface area contributed by atoms with Gasteiger partial charge in [-0.15, -0.1) is 0 Å². The van der Waals surface area contributed by atoms with E-state index >= 15 is 0 Å². The summed E-state index contributed by atoms with van der Waals surface area (Å²) in [6.07, 6.45) is 1.52. The van der Waals surface area contributed by atoms with Crippen LogP contribution in [0, 0.1) is 6.92 Å². The standard InChI is InChI=1S/C9H8N2OS/c1-6-4-13-5-7(6)9-10-3-2-8(12)11-9/h2-5H,1H3,(H,10,11,12). The molecule has 0 aliphatic rings. The molecule has 0 aliphatic heterocycles. The molecule has 0 saturated carbocycles. The largest absolute Gasteiger partial charge is 0.307 e. The summed E-state index contributed by atoms with van der Waals surface area (Å²) in [6.45, 7) is 2.00. The molecule has 2 heterocycles. The van der Waals surface area contributed by atoms with Gasteiger partial charge >= 0.3 is 0 Å². The predicted octanol–water partition coefficient (Wildman–Crippen LogP) is 1.81. The van der Waals surface area contributed by atoms with E-state index in [9.17, 15) is 4.79 Å². The van der Waals surface area contributed by atoms with Crippen molar-refractivity contribution in [1.82, 2.24) is 9.97 Å². The number of hydrogen-bond acceptors (Lipinski definition) is 3. The number of H-pyrrole nitrogens is 1. The zero-order valence-electron chi connectivity index (χ0n) is 7.07. The van der Waals surface area contributed by atoms with Gasteiger partial charge in [0.25, 0.3) is 5.56 Å². The van der Waals surface area contributed by atoms with Crippen molar-refractivity contribution in [2.24, 2.45) is 0 Å². The fourth-order valence-electron chi connectivity index (χ4n) is 1.11. The molecule has 1 N–H and O–H groups in total. The van der Waals surface area contributed by atoms with E-state index in [0.717, 1.165) is 11.1 Å². The molecule has 0 amide bonds. The first kappa shape index (κ1) is 8.19. The molecule has 0 aromatic carbocycles. The number of aromatic amines is 1. The van der Waals surface area contributed by atoms with Crippen LogP contribution in [0.1, 0.15) is 5.56 Å². The van der Waals surface area contributed by atoms with Crippen LogP contribution < -0.4 is 5.56 Å². The number of nitrogens with zero attached hydrogens (tertiary/aromatic N) is 1. The average Bonchev–Trinajstić information content (AvgIpc) is 2.51. The minimum absolute atomic E-state index is 0.115. The third-order valence-corrected chi connectivity index (χ3v) is 2.64. The van der Waals surface area contributed by atoms with E-state index in [1.54, 1.807) is 11.3 Å². The van der Waals surface area contributed by atoms with Gasteiger partial charge in [0.1, 0.15) is 5.82 Å². The summed E-state index contributed by atoms with van der Waals surface area (Å²) in [5.41, 5.74) is 2.03. The Labute approximate surface area is 79.1 Å². The van der Waals surface area contributed by atoms with Gasteiger partial charge in [-0.2, -0.15) is 11.3 Å². The molecule has 0 aliphatic carbocycles. The highest BCUT2D eigenvalue weighted by Crippen LogP contribution is 2.22. The number of aromatic nitrogens is 2. The number of aryl methyl sites for hydroxylation is 1. The lowest BCUT2D eigenvalue weighted by Crippen LogP contribution is -2.05. The van der Waals surface area contributed by atoms with Crippen molar-refractivity contribution in [2.75, 3.05) is 0 Å². The molecule has 4 heteroatoms. The number of nitrogens with one attached hydrogen (secondary N) is 1. The molecule has 0 fully saturated rings. The van der Waals surface area contributed by atoms with Crippen LogP contribution in [0.15, 0.2) is 27.8 Å². The van der Waals surface area contributed by atoms with Gasteiger partial charge in [0.05, 0.1) is 0 Å². The first-order valence-electron chi connectivity index (χ1n) is 3.86. The molecule has 3 nitrogen and oxygen atoms in total. The van der Waals surface area contributed by atoms with Crippen molar-refractivity contribution >= 4 is 11.3 Å². The van der Waals surface area contributed by atoms with Gasteiger partial charge < -0.3 is 4.98 Å². The Hall–Kier alpha value is -1.42. The highest BCUT2D eigenvalue weighted by Gasteiger charge is 2.03. The van der Waals surface area contributed by atoms with Crippen LogP contribution in [0.2, 0.25) is 0 Å². The van der Waals surface area contributed by atoms with Gasteiger partial charge in [0.15, 0.2) is 0 Å². The Balaban J connectivity index is 2.59. The predicted molar refractivity (Wildman–Crippen MR) is 52.9 cm³/mol. The monoisotopic (exact) mass is 192 g/mol. The van der Waals surface area contributed by atoms with Crippen molar-refractivity contribution in [3.05, 3.63) is 38.9 Å². The van der Waals surface area contributed by atoms with Crippen molar-refractivity contribution in [3.8, 4) is 11.4 Å². The molecule has 2 rings (SSSR count). The second-order valence-corrected chi connectivity index (χ2v) is 3.49. The molecule has 0 radical (unpaired) electrons. The van der Waals surface area contributed by atoms with Crippen LogP contribution >= 0.6 is 11.3 Å². The minimum Gasteiger partial charge on any atom is -0.307 e. The highest BCUT2D eigenvalue weighted by molar-refractivity contribution is 7.08. The van der Waals surface area contributed by atoms with Gasteiger partial charge in [-0.05, 0) is 17.9 Å². The van der Waals surface area contributed by atoms with E-state index in [1.807, 2.05) is 17.7 Å². The van der Waals surface area contributed by atoms with Crippen molar-refractivity contribution in [3.63, 3.8) is 0 Å². The SMILES string of the molecule is Cc1cscc1-c1nccc(=O)[nH]1. The average molecular weight is 192 g/mol. The summed E-state index contributed by atoms with van der Waals surface area (Å²) in [4.78, 5) is 17.8. The van der Waals surface area contributed by atoms with E-state index < -0.39 is 0 Å². The summed E-state index contributed by atoms with van der Waals surface area (Å²) in [5.74, 6) is 0.645. The van der Waals surface area contributed by atoms with Crippen LogP contribution in [0.25, 0.3) is 11.4 Å². The Bertz CT molecular complexity index is 472. The van der Waals surface area contributed by atoms with Crippen LogP contribution in [0.4, 0.5) is 0 Å². The van der Waals surface area contributed by atoms with Crippen LogP contribution in [-0.4, -0.2) is 9.97 Å². The molecule has 0 unspecified atom stereocenters. The first-order chi connectivity index (χ1) is 6.27. The summed E-state index contributed by atoms with van der Waals surface area (Å²) < 4.78 is 0. The Morgan fingerprint density at radius 1 is 1.46 bits per heavy atom. The first-order valence-corrected chi connectivity index (χ1v) is 4.80. The highest BCUT2D eigenvalue weighted by atomic mass is 32.1. The van der Waals surface area contributed by atoms with E-state index in [4.69, 9.17) is 0 Å². The van der Waals surface area contributed by atoms with E-state index in [2.05, 4.69) is 9.97 Å². The fourth-order valence-corrected chi connectivity index (χ4v) is 1.94.